The van der Waals surface area contributed by atoms with E-state index in [2.05, 4.69) is 10.9 Å². The van der Waals surface area contributed by atoms with Gasteiger partial charge in [-0.1, -0.05) is 53.5 Å². The summed E-state index contributed by atoms with van der Waals surface area (Å²) in [6, 6.07) is 22.9. The summed E-state index contributed by atoms with van der Waals surface area (Å²) in [4.78, 5) is 0. The van der Waals surface area contributed by atoms with E-state index >= 15 is 0 Å². The molecule has 0 bridgehead atoms. The molecule has 0 fully saturated rings. The Bertz CT molecular complexity index is 789. The number of anilines is 1. The minimum absolute atomic E-state index is 0.544. The van der Waals surface area contributed by atoms with Crippen molar-refractivity contribution in [1.82, 2.24) is 5.43 Å². The lowest BCUT2D eigenvalue weighted by Gasteiger charge is -2.10. The monoisotopic (exact) mass is 358 g/mol. The lowest BCUT2D eigenvalue weighted by molar-refractivity contribution is 0.482. The summed E-state index contributed by atoms with van der Waals surface area (Å²) in [5.41, 5.74) is 8.43. The highest BCUT2D eigenvalue weighted by Gasteiger charge is 2.02. The van der Waals surface area contributed by atoms with Crippen molar-refractivity contribution in [3.05, 3.63) is 88.4 Å². The van der Waals surface area contributed by atoms with Crippen LogP contribution in [0.2, 0.25) is 10.0 Å². The van der Waals surface area contributed by atoms with E-state index in [9.17, 15) is 0 Å². The van der Waals surface area contributed by atoms with E-state index in [4.69, 9.17) is 27.9 Å². The number of halogens is 2. The molecular formula is C19H16Cl2N2O. The van der Waals surface area contributed by atoms with Gasteiger partial charge in [0.15, 0.2) is 0 Å². The topological polar surface area (TPSA) is 33.3 Å². The van der Waals surface area contributed by atoms with E-state index in [0.717, 1.165) is 17.0 Å². The zero-order valence-electron chi connectivity index (χ0n) is 12.8. The van der Waals surface area contributed by atoms with Crippen molar-refractivity contribution in [3.63, 3.8) is 0 Å². The van der Waals surface area contributed by atoms with Crippen LogP contribution in [0.25, 0.3) is 0 Å². The van der Waals surface area contributed by atoms with Gasteiger partial charge in [-0.3, -0.25) is 0 Å². The molecule has 0 atom stereocenters. The zero-order valence-corrected chi connectivity index (χ0v) is 14.3. The quantitative estimate of drug-likeness (QED) is 0.538. The van der Waals surface area contributed by atoms with Gasteiger partial charge >= 0.3 is 0 Å². The number of nitrogens with one attached hydrogen (secondary N) is 2. The Kier molecular flexibility index (Phi) is 5.59. The molecule has 0 amide bonds. The Balaban J connectivity index is 1.61. The number of hydrazine groups is 1. The van der Waals surface area contributed by atoms with Gasteiger partial charge in [-0.25, -0.2) is 5.43 Å². The zero-order chi connectivity index (χ0) is 16.8. The molecule has 0 saturated carbocycles. The van der Waals surface area contributed by atoms with Crippen LogP contribution in [0.5, 0.6) is 11.5 Å². The van der Waals surface area contributed by atoms with Crippen LogP contribution in [-0.4, -0.2) is 0 Å². The number of hydrogen-bond acceptors (Lipinski definition) is 3. The van der Waals surface area contributed by atoms with Crippen LogP contribution in [-0.2, 0) is 6.54 Å². The number of benzene rings is 3. The van der Waals surface area contributed by atoms with Crippen LogP contribution >= 0.6 is 23.2 Å². The second kappa shape index (κ2) is 8.06. The molecule has 122 valence electrons. The van der Waals surface area contributed by atoms with E-state index in [0.29, 0.717) is 22.3 Å². The van der Waals surface area contributed by atoms with E-state index < -0.39 is 0 Å². The van der Waals surface area contributed by atoms with E-state index in [1.54, 1.807) is 18.2 Å². The average molecular weight is 359 g/mol. The molecule has 0 spiro atoms. The molecule has 0 unspecified atom stereocenters. The molecule has 3 aromatic rings. The van der Waals surface area contributed by atoms with Gasteiger partial charge in [0.1, 0.15) is 11.5 Å². The minimum Gasteiger partial charge on any atom is -0.457 e. The van der Waals surface area contributed by atoms with Gasteiger partial charge in [0, 0.05) is 22.3 Å². The lowest BCUT2D eigenvalue weighted by atomic mass is 10.2. The van der Waals surface area contributed by atoms with Gasteiger partial charge in [-0.05, 0) is 48.0 Å². The molecule has 3 rings (SSSR count). The first-order valence-corrected chi connectivity index (χ1v) is 8.21. The molecular weight excluding hydrogens is 343 g/mol. The Hall–Kier alpha value is -2.20. The van der Waals surface area contributed by atoms with Crippen LogP contribution < -0.4 is 15.6 Å². The first-order chi connectivity index (χ1) is 11.7. The summed E-state index contributed by atoms with van der Waals surface area (Å²) in [6.45, 7) is 0.655. The number of ether oxygens (including phenoxy) is 1. The summed E-state index contributed by atoms with van der Waals surface area (Å²) in [5, 5.41) is 1.09. The number of para-hydroxylation sites is 1. The Morgan fingerprint density at radius 3 is 2.25 bits per heavy atom. The molecule has 0 radical (unpaired) electrons. The highest BCUT2D eigenvalue weighted by Crippen LogP contribution is 2.28. The fraction of sp³-hybridized carbons (Fsp3) is 0.0526. The van der Waals surface area contributed by atoms with Crippen LogP contribution in [0.1, 0.15) is 5.56 Å². The van der Waals surface area contributed by atoms with Crippen LogP contribution in [0, 0.1) is 0 Å². The van der Waals surface area contributed by atoms with Crippen LogP contribution in [0.4, 0.5) is 5.69 Å². The summed E-state index contributed by atoms with van der Waals surface area (Å²) < 4.78 is 5.83. The number of hydrogen-bond donors (Lipinski definition) is 2. The standard InChI is InChI=1S/C19H16Cl2N2O/c20-15-10-16(21)12-19(11-15)24-18-8-4-5-14(9-18)13-22-23-17-6-2-1-3-7-17/h1-12,22-23H,13H2. The van der Waals surface area contributed by atoms with Gasteiger partial charge < -0.3 is 10.2 Å². The molecule has 0 aliphatic heterocycles. The molecule has 0 aliphatic carbocycles. The summed E-state index contributed by atoms with van der Waals surface area (Å²) >= 11 is 12.0. The van der Waals surface area contributed by atoms with E-state index in [1.165, 1.54) is 0 Å². The van der Waals surface area contributed by atoms with Crippen molar-refractivity contribution in [2.24, 2.45) is 0 Å². The fourth-order valence-electron chi connectivity index (χ4n) is 2.21. The van der Waals surface area contributed by atoms with Gasteiger partial charge in [0.05, 0.1) is 0 Å². The second-order valence-corrected chi connectivity index (χ2v) is 6.07. The van der Waals surface area contributed by atoms with Crippen molar-refractivity contribution in [1.29, 1.82) is 0 Å². The van der Waals surface area contributed by atoms with Crippen molar-refractivity contribution >= 4 is 28.9 Å². The lowest BCUT2D eigenvalue weighted by Crippen LogP contribution is -2.20. The maximum atomic E-state index is 5.99. The average Bonchev–Trinajstić information content (AvgIpc) is 2.55. The maximum Gasteiger partial charge on any atom is 0.130 e. The highest BCUT2D eigenvalue weighted by atomic mass is 35.5. The second-order valence-electron chi connectivity index (χ2n) is 5.20. The first kappa shape index (κ1) is 16.7. The Labute approximate surface area is 151 Å². The van der Waals surface area contributed by atoms with Crippen molar-refractivity contribution in [3.8, 4) is 11.5 Å². The molecule has 3 nitrogen and oxygen atoms in total. The molecule has 24 heavy (non-hydrogen) atoms. The van der Waals surface area contributed by atoms with E-state index in [1.807, 2.05) is 54.6 Å². The predicted molar refractivity (Wildman–Crippen MR) is 99.9 cm³/mol. The fourth-order valence-corrected chi connectivity index (χ4v) is 2.72. The minimum atomic E-state index is 0.544. The van der Waals surface area contributed by atoms with Crippen LogP contribution in [0.15, 0.2) is 72.8 Å². The van der Waals surface area contributed by atoms with Gasteiger partial charge in [0.25, 0.3) is 0 Å². The molecule has 3 aromatic carbocycles. The molecule has 0 aliphatic rings. The third-order valence-corrected chi connectivity index (χ3v) is 3.71. The third kappa shape index (κ3) is 4.90. The van der Waals surface area contributed by atoms with E-state index in [-0.39, 0.29) is 0 Å². The Morgan fingerprint density at radius 2 is 1.50 bits per heavy atom. The normalized spacial score (nSPS) is 10.4. The van der Waals surface area contributed by atoms with Crippen molar-refractivity contribution in [2.45, 2.75) is 6.54 Å². The molecule has 5 heteroatoms. The summed E-state index contributed by atoms with van der Waals surface area (Å²) in [5.74, 6) is 1.34. The van der Waals surface area contributed by atoms with Crippen molar-refractivity contribution in [2.75, 3.05) is 5.43 Å². The first-order valence-electron chi connectivity index (χ1n) is 7.46. The predicted octanol–water partition coefficient (Wildman–Crippen LogP) is 5.90. The van der Waals surface area contributed by atoms with Gasteiger partial charge in [0.2, 0.25) is 0 Å². The molecule has 0 heterocycles. The highest BCUT2D eigenvalue weighted by molar-refractivity contribution is 6.34. The largest absolute Gasteiger partial charge is 0.457 e. The molecule has 0 aromatic heterocycles. The molecule has 0 saturated heterocycles. The van der Waals surface area contributed by atoms with Crippen molar-refractivity contribution < 1.29 is 4.74 Å². The maximum absolute atomic E-state index is 5.99. The summed E-state index contributed by atoms with van der Waals surface area (Å²) in [7, 11) is 0. The number of rotatable bonds is 6. The smallest absolute Gasteiger partial charge is 0.130 e. The van der Waals surface area contributed by atoms with Crippen LogP contribution in [0.3, 0.4) is 0 Å². The summed E-state index contributed by atoms with van der Waals surface area (Å²) in [6.07, 6.45) is 0. The Morgan fingerprint density at radius 1 is 0.750 bits per heavy atom. The molecule has 2 N–H and O–H groups in total. The SMILES string of the molecule is Clc1cc(Cl)cc(Oc2cccc(CNNc3ccccc3)c2)c1. The van der Waals surface area contributed by atoms with Gasteiger partial charge in [-0.2, -0.15) is 0 Å². The van der Waals surface area contributed by atoms with Gasteiger partial charge in [-0.15, -0.1) is 0 Å². The third-order valence-electron chi connectivity index (χ3n) is 3.27.